The Bertz CT molecular complexity index is 646. The fraction of sp³-hybridized carbons (Fsp3) is 0.250. The number of aryl methyl sites for hydroxylation is 1. The van der Waals surface area contributed by atoms with E-state index in [0.29, 0.717) is 11.3 Å². The van der Waals surface area contributed by atoms with E-state index in [1.54, 1.807) is 31.2 Å². The number of anilines is 1. The molecule has 2 N–H and O–H groups in total. The third-order valence-electron chi connectivity index (χ3n) is 3.37. The summed E-state index contributed by atoms with van der Waals surface area (Å²) in [4.78, 5) is 23.8. The lowest BCUT2D eigenvalue weighted by Gasteiger charge is -2.09. The third-order valence-corrected chi connectivity index (χ3v) is 4.33. The van der Waals surface area contributed by atoms with Crippen LogP contribution in [0.5, 0.6) is 0 Å². The minimum absolute atomic E-state index is 0.124. The molecular weight excluding hydrogens is 286 g/mol. The number of carbonyl (C=O) groups is 2. The molecule has 1 unspecified atom stereocenters. The van der Waals surface area contributed by atoms with Crippen molar-refractivity contribution in [1.82, 2.24) is 0 Å². The van der Waals surface area contributed by atoms with Crippen molar-refractivity contribution >= 4 is 28.9 Å². The van der Waals surface area contributed by atoms with Gasteiger partial charge in [-0.2, -0.15) is 0 Å². The molecule has 0 aliphatic rings. The number of rotatable bonds is 5. The van der Waals surface area contributed by atoms with E-state index in [-0.39, 0.29) is 5.91 Å². The van der Waals surface area contributed by atoms with Crippen LogP contribution in [0.3, 0.4) is 0 Å². The lowest BCUT2D eigenvalue weighted by atomic mass is 10.0. The van der Waals surface area contributed by atoms with Gasteiger partial charge < -0.3 is 10.4 Å². The monoisotopic (exact) mass is 303 g/mol. The van der Waals surface area contributed by atoms with Gasteiger partial charge in [0.25, 0.3) is 5.91 Å². The number of benzene rings is 1. The Morgan fingerprint density at radius 3 is 2.48 bits per heavy atom. The fourth-order valence-electron chi connectivity index (χ4n) is 2.00. The zero-order valence-corrected chi connectivity index (χ0v) is 12.7. The van der Waals surface area contributed by atoms with Crippen molar-refractivity contribution in [2.24, 2.45) is 0 Å². The second-order valence-corrected chi connectivity index (χ2v) is 5.68. The number of carbonyl (C=O) groups excluding carboxylic acids is 1. The maximum Gasteiger partial charge on any atom is 0.310 e. The van der Waals surface area contributed by atoms with Gasteiger partial charge in [-0.15, -0.1) is 11.3 Å². The topological polar surface area (TPSA) is 66.4 Å². The van der Waals surface area contributed by atoms with Crippen LogP contribution in [0.4, 0.5) is 5.69 Å². The first-order chi connectivity index (χ1) is 10.0. The van der Waals surface area contributed by atoms with Gasteiger partial charge in [-0.05, 0) is 48.1 Å². The average Bonchev–Trinajstić information content (AvgIpc) is 2.95. The van der Waals surface area contributed by atoms with Crippen LogP contribution in [-0.2, 0) is 11.2 Å². The first-order valence-corrected chi connectivity index (χ1v) is 7.61. The number of aliphatic carboxylic acids is 1. The molecule has 4 nitrogen and oxygen atoms in total. The van der Waals surface area contributed by atoms with Crippen LogP contribution in [0.1, 0.15) is 40.6 Å². The van der Waals surface area contributed by atoms with Gasteiger partial charge in [0, 0.05) is 5.69 Å². The number of carboxylic acid groups (broad SMARTS) is 1. The van der Waals surface area contributed by atoms with Crippen molar-refractivity contribution in [3.8, 4) is 0 Å². The first kappa shape index (κ1) is 15.3. The molecule has 1 aromatic carbocycles. The highest BCUT2D eigenvalue weighted by Crippen LogP contribution is 2.21. The fourth-order valence-corrected chi connectivity index (χ4v) is 2.89. The summed E-state index contributed by atoms with van der Waals surface area (Å²) in [6.45, 7) is 3.65. The Hall–Kier alpha value is -2.14. The van der Waals surface area contributed by atoms with Crippen molar-refractivity contribution in [3.63, 3.8) is 0 Å². The van der Waals surface area contributed by atoms with Gasteiger partial charge in [0.2, 0.25) is 0 Å². The van der Waals surface area contributed by atoms with Crippen molar-refractivity contribution in [1.29, 1.82) is 0 Å². The highest BCUT2D eigenvalue weighted by Gasteiger charge is 2.15. The summed E-state index contributed by atoms with van der Waals surface area (Å²) >= 11 is 1.42. The smallest absolute Gasteiger partial charge is 0.310 e. The quantitative estimate of drug-likeness (QED) is 0.884. The molecule has 1 amide bonds. The van der Waals surface area contributed by atoms with Crippen molar-refractivity contribution in [2.75, 3.05) is 5.32 Å². The highest BCUT2D eigenvalue weighted by atomic mass is 32.1. The lowest BCUT2D eigenvalue weighted by molar-refractivity contribution is -0.138. The number of thiophene rings is 1. The number of nitrogens with one attached hydrogen (secondary N) is 1. The molecular formula is C16H17NO3S. The number of amides is 1. The standard InChI is InChI=1S/C16H17NO3S/c1-3-11-8-9-21-14(11)15(18)17-13-6-4-12(5-7-13)10(2)16(19)20/h4-10H,3H2,1-2H3,(H,17,18)(H,19,20). The van der Waals surface area contributed by atoms with E-state index in [0.717, 1.165) is 16.9 Å². The predicted octanol–water partition coefficient (Wildman–Crippen LogP) is 3.75. The van der Waals surface area contributed by atoms with Crippen LogP contribution in [0, 0.1) is 0 Å². The second-order valence-electron chi connectivity index (χ2n) is 4.76. The molecule has 0 radical (unpaired) electrons. The van der Waals surface area contributed by atoms with Crippen LogP contribution < -0.4 is 5.32 Å². The summed E-state index contributed by atoms with van der Waals surface area (Å²) in [5.74, 6) is -1.54. The van der Waals surface area contributed by atoms with E-state index in [1.165, 1.54) is 11.3 Å². The predicted molar refractivity (Wildman–Crippen MR) is 84.1 cm³/mol. The maximum atomic E-state index is 12.2. The summed E-state index contributed by atoms with van der Waals surface area (Å²) in [5.41, 5.74) is 2.41. The van der Waals surface area contributed by atoms with E-state index in [9.17, 15) is 9.59 Å². The molecule has 110 valence electrons. The minimum Gasteiger partial charge on any atom is -0.481 e. The number of carboxylic acids is 1. The van der Waals surface area contributed by atoms with Gasteiger partial charge in [0.05, 0.1) is 10.8 Å². The summed E-state index contributed by atoms with van der Waals surface area (Å²) < 4.78 is 0. The molecule has 5 heteroatoms. The molecule has 0 saturated heterocycles. The molecule has 0 saturated carbocycles. The van der Waals surface area contributed by atoms with Crippen LogP contribution in [0.25, 0.3) is 0 Å². The molecule has 1 heterocycles. The zero-order chi connectivity index (χ0) is 15.4. The molecule has 21 heavy (non-hydrogen) atoms. The molecule has 0 aliphatic carbocycles. The van der Waals surface area contributed by atoms with Gasteiger partial charge in [-0.25, -0.2) is 0 Å². The van der Waals surface area contributed by atoms with E-state index in [1.807, 2.05) is 18.4 Å². The lowest BCUT2D eigenvalue weighted by Crippen LogP contribution is -2.12. The van der Waals surface area contributed by atoms with E-state index in [2.05, 4.69) is 5.32 Å². The minimum atomic E-state index is -0.863. The van der Waals surface area contributed by atoms with Crippen molar-refractivity contribution in [2.45, 2.75) is 26.2 Å². The Morgan fingerprint density at radius 1 is 1.24 bits per heavy atom. The maximum absolute atomic E-state index is 12.2. The number of hydrogen-bond acceptors (Lipinski definition) is 3. The van der Waals surface area contributed by atoms with Crippen molar-refractivity contribution < 1.29 is 14.7 Å². The summed E-state index contributed by atoms with van der Waals surface area (Å²) in [6, 6.07) is 8.86. The molecule has 0 aliphatic heterocycles. The van der Waals surface area contributed by atoms with Gasteiger partial charge >= 0.3 is 5.97 Å². The molecule has 1 aromatic heterocycles. The van der Waals surface area contributed by atoms with Crippen LogP contribution in [0.2, 0.25) is 0 Å². The van der Waals surface area contributed by atoms with Crippen LogP contribution in [-0.4, -0.2) is 17.0 Å². The summed E-state index contributed by atoms with van der Waals surface area (Å²) in [6.07, 6.45) is 0.821. The van der Waals surface area contributed by atoms with Gasteiger partial charge in [-0.3, -0.25) is 9.59 Å². The van der Waals surface area contributed by atoms with Gasteiger partial charge in [-0.1, -0.05) is 19.1 Å². The normalized spacial score (nSPS) is 11.9. The average molecular weight is 303 g/mol. The van der Waals surface area contributed by atoms with E-state index in [4.69, 9.17) is 5.11 Å². The van der Waals surface area contributed by atoms with Crippen molar-refractivity contribution in [3.05, 3.63) is 51.7 Å². The first-order valence-electron chi connectivity index (χ1n) is 6.73. The third kappa shape index (κ3) is 3.49. The Labute approximate surface area is 127 Å². The Balaban J connectivity index is 2.10. The SMILES string of the molecule is CCc1ccsc1C(=O)Nc1ccc(C(C)C(=O)O)cc1. The number of hydrogen-bond donors (Lipinski definition) is 2. The van der Waals surface area contributed by atoms with Crippen LogP contribution >= 0.6 is 11.3 Å². The second kappa shape index (κ2) is 6.54. The van der Waals surface area contributed by atoms with E-state index >= 15 is 0 Å². The Kier molecular flexibility index (Phi) is 4.75. The van der Waals surface area contributed by atoms with Gasteiger partial charge in [0.15, 0.2) is 0 Å². The molecule has 0 fully saturated rings. The highest BCUT2D eigenvalue weighted by molar-refractivity contribution is 7.12. The molecule has 0 spiro atoms. The molecule has 2 aromatic rings. The molecule has 2 rings (SSSR count). The summed E-state index contributed by atoms with van der Waals surface area (Å²) in [5, 5.41) is 13.7. The van der Waals surface area contributed by atoms with Gasteiger partial charge in [0.1, 0.15) is 0 Å². The summed E-state index contributed by atoms with van der Waals surface area (Å²) in [7, 11) is 0. The van der Waals surface area contributed by atoms with E-state index < -0.39 is 11.9 Å². The molecule has 0 bridgehead atoms. The largest absolute Gasteiger partial charge is 0.481 e. The molecule has 1 atom stereocenters. The van der Waals surface area contributed by atoms with Crippen LogP contribution in [0.15, 0.2) is 35.7 Å². The Morgan fingerprint density at radius 2 is 1.90 bits per heavy atom. The zero-order valence-electron chi connectivity index (χ0n) is 11.9.